The zero-order valence-electron chi connectivity index (χ0n) is 8.77. The molecule has 0 aliphatic rings. The highest BCUT2D eigenvalue weighted by atomic mass is 16.3. The third-order valence-electron chi connectivity index (χ3n) is 2.20. The molecule has 0 atom stereocenters. The van der Waals surface area contributed by atoms with Gasteiger partial charge >= 0.3 is 0 Å². The van der Waals surface area contributed by atoms with E-state index in [9.17, 15) is 0 Å². The maximum absolute atomic E-state index is 5.75. The Morgan fingerprint density at radius 1 is 1.33 bits per heavy atom. The molecule has 1 heterocycles. The Labute approximate surface area is 88.3 Å². The van der Waals surface area contributed by atoms with Gasteiger partial charge in [-0.25, -0.2) is 4.98 Å². The molecule has 0 radical (unpaired) electrons. The van der Waals surface area contributed by atoms with Gasteiger partial charge < -0.3 is 15.1 Å². The third kappa shape index (κ3) is 1.79. The SMILES string of the molecule is CN(C)c1cc(N)ccc1-c1cnco1. The molecule has 0 unspecified atom stereocenters. The first-order chi connectivity index (χ1) is 7.18. The van der Waals surface area contributed by atoms with E-state index in [0.717, 1.165) is 22.7 Å². The number of rotatable bonds is 2. The van der Waals surface area contributed by atoms with Gasteiger partial charge in [0.15, 0.2) is 12.2 Å². The number of nitrogen functional groups attached to an aromatic ring is 1. The smallest absolute Gasteiger partial charge is 0.181 e. The monoisotopic (exact) mass is 203 g/mol. The number of anilines is 2. The van der Waals surface area contributed by atoms with Gasteiger partial charge in [-0.05, 0) is 18.2 Å². The minimum absolute atomic E-state index is 0.738. The number of benzene rings is 1. The summed E-state index contributed by atoms with van der Waals surface area (Å²) in [5.74, 6) is 0.749. The minimum Gasteiger partial charge on any atom is -0.443 e. The van der Waals surface area contributed by atoms with E-state index in [2.05, 4.69) is 4.98 Å². The quantitative estimate of drug-likeness (QED) is 0.758. The second kappa shape index (κ2) is 3.65. The number of hydrogen-bond donors (Lipinski definition) is 1. The lowest BCUT2D eigenvalue weighted by Gasteiger charge is -2.16. The molecule has 0 aliphatic carbocycles. The second-order valence-electron chi connectivity index (χ2n) is 3.54. The van der Waals surface area contributed by atoms with E-state index < -0.39 is 0 Å². The van der Waals surface area contributed by atoms with Gasteiger partial charge in [-0.15, -0.1) is 0 Å². The highest BCUT2D eigenvalue weighted by Crippen LogP contribution is 2.31. The molecule has 2 N–H and O–H groups in total. The molecule has 1 aromatic heterocycles. The molecule has 15 heavy (non-hydrogen) atoms. The summed E-state index contributed by atoms with van der Waals surface area (Å²) in [4.78, 5) is 5.90. The Bertz CT molecular complexity index is 449. The van der Waals surface area contributed by atoms with Crippen LogP contribution in [-0.2, 0) is 0 Å². The van der Waals surface area contributed by atoms with E-state index in [1.54, 1.807) is 6.20 Å². The largest absolute Gasteiger partial charge is 0.443 e. The van der Waals surface area contributed by atoms with Crippen LogP contribution in [0, 0.1) is 0 Å². The van der Waals surface area contributed by atoms with E-state index in [4.69, 9.17) is 10.2 Å². The van der Waals surface area contributed by atoms with E-state index in [0.29, 0.717) is 0 Å². The molecular weight excluding hydrogens is 190 g/mol. The fraction of sp³-hybridized carbons (Fsp3) is 0.182. The summed E-state index contributed by atoms with van der Waals surface area (Å²) in [5, 5.41) is 0. The Kier molecular flexibility index (Phi) is 2.33. The lowest BCUT2D eigenvalue weighted by atomic mass is 10.1. The molecule has 0 bridgehead atoms. The lowest BCUT2D eigenvalue weighted by molar-refractivity contribution is 0.572. The molecule has 78 valence electrons. The fourth-order valence-corrected chi connectivity index (χ4v) is 1.48. The van der Waals surface area contributed by atoms with Crippen LogP contribution in [0.2, 0.25) is 0 Å². The maximum Gasteiger partial charge on any atom is 0.181 e. The molecule has 2 aromatic rings. The van der Waals surface area contributed by atoms with E-state index >= 15 is 0 Å². The molecule has 1 aromatic carbocycles. The minimum atomic E-state index is 0.738. The Hall–Kier alpha value is -1.97. The van der Waals surface area contributed by atoms with Crippen LogP contribution in [0.1, 0.15) is 0 Å². The molecule has 0 aliphatic heterocycles. The van der Waals surface area contributed by atoms with E-state index in [1.165, 1.54) is 6.39 Å². The summed E-state index contributed by atoms with van der Waals surface area (Å²) >= 11 is 0. The predicted octanol–water partition coefficient (Wildman–Crippen LogP) is 1.99. The molecule has 2 rings (SSSR count). The summed E-state index contributed by atoms with van der Waals surface area (Å²) in [6.45, 7) is 0. The van der Waals surface area contributed by atoms with Crippen molar-refractivity contribution in [1.29, 1.82) is 0 Å². The molecule has 4 heteroatoms. The summed E-state index contributed by atoms with van der Waals surface area (Å²) in [7, 11) is 3.93. The predicted molar refractivity (Wildman–Crippen MR) is 60.7 cm³/mol. The summed E-state index contributed by atoms with van der Waals surface area (Å²) in [5.41, 5.74) is 8.50. The van der Waals surface area contributed by atoms with E-state index in [-0.39, 0.29) is 0 Å². The summed E-state index contributed by atoms with van der Waals surface area (Å²) in [6.07, 6.45) is 3.11. The standard InChI is InChI=1S/C11H13N3O/c1-14(2)10-5-8(12)3-4-9(10)11-6-13-7-15-11/h3-7H,12H2,1-2H3. The van der Waals surface area contributed by atoms with Crippen LogP contribution < -0.4 is 10.6 Å². The molecule has 0 fully saturated rings. The van der Waals surface area contributed by atoms with Gasteiger partial charge in [0.05, 0.1) is 6.20 Å². The first kappa shape index (κ1) is 9.58. The molecular formula is C11H13N3O. The number of nitrogens with two attached hydrogens (primary N) is 1. The molecule has 0 saturated carbocycles. The number of aromatic nitrogens is 1. The van der Waals surface area contributed by atoms with Crippen LogP contribution in [-0.4, -0.2) is 19.1 Å². The van der Waals surface area contributed by atoms with Gasteiger partial charge in [-0.1, -0.05) is 0 Å². The second-order valence-corrected chi connectivity index (χ2v) is 3.54. The van der Waals surface area contributed by atoms with Crippen molar-refractivity contribution in [3.8, 4) is 11.3 Å². The van der Waals surface area contributed by atoms with Gasteiger partial charge in [0, 0.05) is 31.0 Å². The van der Waals surface area contributed by atoms with Gasteiger partial charge in [0.2, 0.25) is 0 Å². The normalized spacial score (nSPS) is 10.3. The fourth-order valence-electron chi connectivity index (χ4n) is 1.48. The van der Waals surface area contributed by atoms with Gasteiger partial charge in [0.1, 0.15) is 0 Å². The number of oxazole rings is 1. The van der Waals surface area contributed by atoms with E-state index in [1.807, 2.05) is 37.2 Å². The van der Waals surface area contributed by atoms with Crippen LogP contribution in [0.4, 0.5) is 11.4 Å². The van der Waals surface area contributed by atoms with Crippen LogP contribution in [0.3, 0.4) is 0 Å². The van der Waals surface area contributed by atoms with Gasteiger partial charge in [-0.3, -0.25) is 0 Å². The Balaban J connectivity index is 2.56. The average Bonchev–Trinajstić information content (AvgIpc) is 2.70. The van der Waals surface area contributed by atoms with Crippen molar-refractivity contribution in [3.05, 3.63) is 30.8 Å². The maximum atomic E-state index is 5.75. The molecule has 0 amide bonds. The van der Waals surface area contributed by atoms with Crippen molar-refractivity contribution in [2.24, 2.45) is 0 Å². The van der Waals surface area contributed by atoms with Crippen LogP contribution >= 0.6 is 0 Å². The zero-order valence-corrected chi connectivity index (χ0v) is 8.77. The summed E-state index contributed by atoms with van der Waals surface area (Å²) in [6, 6.07) is 5.70. The lowest BCUT2D eigenvalue weighted by Crippen LogP contribution is -2.10. The molecule has 4 nitrogen and oxygen atoms in total. The Morgan fingerprint density at radius 2 is 2.13 bits per heavy atom. The Morgan fingerprint density at radius 3 is 2.73 bits per heavy atom. The molecule has 0 saturated heterocycles. The van der Waals surface area contributed by atoms with Crippen LogP contribution in [0.25, 0.3) is 11.3 Å². The van der Waals surface area contributed by atoms with Crippen molar-refractivity contribution >= 4 is 11.4 Å². The van der Waals surface area contributed by atoms with Crippen molar-refractivity contribution in [1.82, 2.24) is 4.98 Å². The highest BCUT2D eigenvalue weighted by molar-refractivity contribution is 5.77. The van der Waals surface area contributed by atoms with Gasteiger partial charge in [0.25, 0.3) is 0 Å². The first-order valence-corrected chi connectivity index (χ1v) is 4.64. The van der Waals surface area contributed by atoms with Crippen molar-refractivity contribution < 1.29 is 4.42 Å². The number of hydrogen-bond acceptors (Lipinski definition) is 4. The van der Waals surface area contributed by atoms with Crippen molar-refractivity contribution in [2.75, 3.05) is 24.7 Å². The van der Waals surface area contributed by atoms with Crippen LogP contribution in [0.5, 0.6) is 0 Å². The van der Waals surface area contributed by atoms with Crippen molar-refractivity contribution in [2.45, 2.75) is 0 Å². The average molecular weight is 203 g/mol. The highest BCUT2D eigenvalue weighted by Gasteiger charge is 2.09. The summed E-state index contributed by atoms with van der Waals surface area (Å²) < 4.78 is 5.27. The first-order valence-electron chi connectivity index (χ1n) is 4.64. The van der Waals surface area contributed by atoms with Gasteiger partial charge in [-0.2, -0.15) is 0 Å². The van der Waals surface area contributed by atoms with Crippen LogP contribution in [0.15, 0.2) is 35.2 Å². The third-order valence-corrected chi connectivity index (χ3v) is 2.20. The number of nitrogens with zero attached hydrogens (tertiary/aromatic N) is 2. The molecule has 0 spiro atoms. The zero-order chi connectivity index (χ0) is 10.8. The topological polar surface area (TPSA) is 55.3 Å². The van der Waals surface area contributed by atoms with Crippen molar-refractivity contribution in [3.63, 3.8) is 0 Å².